The van der Waals surface area contributed by atoms with Gasteiger partial charge in [-0.15, -0.1) is 5.11 Å². The Labute approximate surface area is 133 Å². The summed E-state index contributed by atoms with van der Waals surface area (Å²) < 4.78 is 20.3. The second-order valence-corrected chi connectivity index (χ2v) is 5.27. The minimum atomic E-state index is -1.93. The lowest BCUT2D eigenvalue weighted by Gasteiger charge is -2.23. The van der Waals surface area contributed by atoms with Crippen molar-refractivity contribution in [3.8, 4) is 0 Å². The maximum Gasteiger partial charge on any atom is 0.280 e. The predicted molar refractivity (Wildman–Crippen MR) is 77.0 cm³/mol. The molecule has 0 aliphatic carbocycles. The smallest absolute Gasteiger partial charge is 0.280 e. The van der Waals surface area contributed by atoms with Crippen molar-refractivity contribution in [2.75, 3.05) is 19.0 Å². The van der Waals surface area contributed by atoms with Gasteiger partial charge in [-0.3, -0.25) is 18.7 Å². The quantitative estimate of drug-likeness (QED) is 0.244. The van der Waals surface area contributed by atoms with Gasteiger partial charge in [0.15, 0.2) is 11.2 Å². The molecule has 12 nitrogen and oxygen atoms in total. The van der Waals surface area contributed by atoms with E-state index in [1.165, 1.54) is 10.9 Å². The molecule has 2 unspecified atom stereocenters. The van der Waals surface area contributed by atoms with Crippen LogP contribution in [0.3, 0.4) is 0 Å². The Morgan fingerprint density at radius 3 is 2.96 bits per heavy atom. The highest BCUT2D eigenvalue weighted by molar-refractivity contribution is 5.70. The van der Waals surface area contributed by atoms with Crippen LogP contribution in [0.4, 0.5) is 10.3 Å². The number of fused-ring (bicyclic) bond motifs is 1. The number of rotatable bonds is 4. The van der Waals surface area contributed by atoms with Crippen LogP contribution in [0, 0.1) is 5.92 Å². The summed E-state index contributed by atoms with van der Waals surface area (Å²) in [6.07, 6.45) is -1.51. The Hall–Kier alpha value is -2.64. The number of aliphatic hydroxyl groups is 2. The number of hydrogen-bond acceptors (Lipinski definition) is 9. The van der Waals surface area contributed by atoms with Gasteiger partial charge in [-0.25, -0.2) is 4.98 Å². The third-order valence-electron chi connectivity index (χ3n) is 3.92. The first-order valence-electron chi connectivity index (χ1n) is 6.84. The van der Waals surface area contributed by atoms with Crippen LogP contribution in [0.15, 0.2) is 21.5 Å². The van der Waals surface area contributed by atoms with E-state index in [1.807, 2.05) is 0 Å². The number of imidazole rings is 1. The van der Waals surface area contributed by atoms with E-state index in [0.717, 1.165) is 0 Å². The van der Waals surface area contributed by atoms with Crippen LogP contribution >= 0.6 is 0 Å². The molecule has 130 valence electrons. The first-order chi connectivity index (χ1) is 11.5. The summed E-state index contributed by atoms with van der Waals surface area (Å²) in [5.74, 6) is 3.68. The topological polar surface area (TPSA) is 190 Å². The number of alkyl halides is 1. The highest BCUT2D eigenvalue weighted by Gasteiger charge is 2.56. The standard InChI is InChI=1S/C11H15FN8O4/c12-1-4-6(22)11(2-21,18-19-14)24-9(4)20-3-15-5-7(20)16-10(13)17-8(5)23/h3-4,6,9,21-22H,1-2H2,(H2,14,18)(H3,13,16,17,23)/t4?,6-,9?,11+/m0/s1. The molecule has 0 amide bonds. The lowest BCUT2D eigenvalue weighted by atomic mass is 9.97. The first kappa shape index (κ1) is 16.2. The minimum absolute atomic E-state index is 0.0327. The van der Waals surface area contributed by atoms with E-state index in [0.29, 0.717) is 0 Å². The summed E-state index contributed by atoms with van der Waals surface area (Å²) in [7, 11) is 0. The molecule has 2 aromatic rings. The lowest BCUT2D eigenvalue weighted by molar-refractivity contribution is -0.125. The van der Waals surface area contributed by atoms with E-state index in [4.69, 9.17) is 16.3 Å². The van der Waals surface area contributed by atoms with Crippen LogP contribution in [0.5, 0.6) is 0 Å². The van der Waals surface area contributed by atoms with E-state index in [-0.39, 0.29) is 17.1 Å². The van der Waals surface area contributed by atoms with E-state index >= 15 is 0 Å². The van der Waals surface area contributed by atoms with Crippen molar-refractivity contribution >= 4 is 17.1 Å². The zero-order valence-electron chi connectivity index (χ0n) is 12.2. The Balaban J connectivity index is 2.13. The summed E-state index contributed by atoms with van der Waals surface area (Å²) >= 11 is 0. The highest BCUT2D eigenvalue weighted by Crippen LogP contribution is 2.43. The number of anilines is 1. The summed E-state index contributed by atoms with van der Waals surface area (Å²) in [5.41, 5.74) is 2.99. The number of nitrogens with two attached hydrogens (primary N) is 2. The van der Waals surface area contributed by atoms with Crippen LogP contribution < -0.4 is 17.1 Å². The van der Waals surface area contributed by atoms with Gasteiger partial charge in [-0.05, 0) is 0 Å². The van der Waals surface area contributed by atoms with Crippen molar-refractivity contribution in [1.82, 2.24) is 19.5 Å². The summed E-state index contributed by atoms with van der Waals surface area (Å²) in [4.78, 5) is 21.9. The second-order valence-electron chi connectivity index (χ2n) is 5.27. The third-order valence-corrected chi connectivity index (χ3v) is 3.92. The number of nitrogens with one attached hydrogen (secondary N) is 1. The largest absolute Gasteiger partial charge is 0.391 e. The Morgan fingerprint density at radius 2 is 2.33 bits per heavy atom. The molecule has 13 heteroatoms. The van der Waals surface area contributed by atoms with Gasteiger partial charge < -0.3 is 26.5 Å². The van der Waals surface area contributed by atoms with Gasteiger partial charge in [0.1, 0.15) is 12.3 Å². The van der Waals surface area contributed by atoms with E-state index < -0.39 is 42.8 Å². The molecule has 1 aliphatic rings. The zero-order valence-corrected chi connectivity index (χ0v) is 12.2. The predicted octanol–water partition coefficient (Wildman–Crippen LogP) is -1.81. The number of halogens is 1. The van der Waals surface area contributed by atoms with Crippen molar-refractivity contribution in [1.29, 1.82) is 0 Å². The van der Waals surface area contributed by atoms with E-state index in [1.54, 1.807) is 0 Å². The number of nitrogen functional groups attached to an aromatic ring is 1. The molecule has 7 N–H and O–H groups in total. The van der Waals surface area contributed by atoms with Gasteiger partial charge in [0, 0.05) is 0 Å². The molecule has 0 aromatic carbocycles. The number of aromatic nitrogens is 4. The van der Waals surface area contributed by atoms with E-state index in [9.17, 15) is 19.4 Å². The van der Waals surface area contributed by atoms with Gasteiger partial charge in [0.2, 0.25) is 11.7 Å². The van der Waals surface area contributed by atoms with Crippen LogP contribution in [-0.4, -0.2) is 54.8 Å². The fraction of sp³-hybridized carbons (Fsp3) is 0.545. The van der Waals surface area contributed by atoms with Crippen molar-refractivity contribution in [3.05, 3.63) is 16.7 Å². The van der Waals surface area contributed by atoms with Crippen LogP contribution in [0.1, 0.15) is 6.23 Å². The summed E-state index contributed by atoms with van der Waals surface area (Å²) in [6, 6.07) is 0. The molecule has 3 heterocycles. The van der Waals surface area contributed by atoms with E-state index in [2.05, 4.69) is 25.3 Å². The average Bonchev–Trinajstić information content (AvgIpc) is 3.08. The van der Waals surface area contributed by atoms with Crippen molar-refractivity contribution in [2.24, 2.45) is 22.1 Å². The van der Waals surface area contributed by atoms with Crippen LogP contribution in [0.2, 0.25) is 0 Å². The maximum atomic E-state index is 13.5. The fourth-order valence-electron chi connectivity index (χ4n) is 2.75. The van der Waals surface area contributed by atoms with Crippen LogP contribution in [-0.2, 0) is 4.74 Å². The molecule has 0 radical (unpaired) electrons. The van der Waals surface area contributed by atoms with Gasteiger partial charge in [0.05, 0.1) is 25.5 Å². The third kappa shape index (κ3) is 2.21. The minimum Gasteiger partial charge on any atom is -0.391 e. The second kappa shape index (κ2) is 5.77. The number of aromatic amines is 1. The molecule has 0 spiro atoms. The SMILES string of the molecule is NN=N[C@]1(CO)OC(n2cnc3c(=O)[nH]c(N)nc32)C(CF)[C@@H]1O. The highest BCUT2D eigenvalue weighted by atomic mass is 19.1. The number of aliphatic hydroxyl groups excluding tert-OH is 2. The molecule has 0 bridgehead atoms. The van der Waals surface area contributed by atoms with Crippen molar-refractivity contribution in [3.63, 3.8) is 0 Å². The number of H-pyrrole nitrogens is 1. The molecular formula is C11H15FN8O4. The van der Waals surface area contributed by atoms with Crippen molar-refractivity contribution < 1.29 is 19.3 Å². The van der Waals surface area contributed by atoms with Crippen molar-refractivity contribution in [2.45, 2.75) is 18.1 Å². The van der Waals surface area contributed by atoms with Gasteiger partial charge >= 0.3 is 0 Å². The number of nitrogens with zero attached hydrogens (tertiary/aromatic N) is 5. The fourth-order valence-corrected chi connectivity index (χ4v) is 2.75. The molecule has 4 atom stereocenters. The molecule has 1 aliphatic heterocycles. The monoisotopic (exact) mass is 342 g/mol. The molecule has 24 heavy (non-hydrogen) atoms. The van der Waals surface area contributed by atoms with Crippen LogP contribution in [0.25, 0.3) is 11.2 Å². The van der Waals surface area contributed by atoms with Gasteiger partial charge in [-0.2, -0.15) is 4.98 Å². The number of ether oxygens (including phenoxy) is 1. The molecular weight excluding hydrogens is 327 g/mol. The molecule has 1 saturated heterocycles. The lowest BCUT2D eigenvalue weighted by Crippen LogP contribution is -2.43. The summed E-state index contributed by atoms with van der Waals surface area (Å²) in [5, 5.41) is 26.3. The molecule has 2 aromatic heterocycles. The molecule has 3 rings (SSSR count). The Bertz CT molecular complexity index is 837. The number of hydrogen-bond donors (Lipinski definition) is 5. The Morgan fingerprint density at radius 1 is 1.58 bits per heavy atom. The maximum absolute atomic E-state index is 13.5. The van der Waals surface area contributed by atoms with Gasteiger partial charge in [-0.1, -0.05) is 5.22 Å². The normalized spacial score (nSPS) is 30.5. The molecule has 0 saturated carbocycles. The molecule has 1 fully saturated rings. The zero-order chi connectivity index (χ0) is 17.5. The average molecular weight is 342 g/mol. The van der Waals surface area contributed by atoms with Gasteiger partial charge in [0.25, 0.3) is 5.56 Å². The first-order valence-corrected chi connectivity index (χ1v) is 6.84. The summed E-state index contributed by atoms with van der Waals surface area (Å²) in [6.45, 7) is -1.79. The Kier molecular flexibility index (Phi) is 3.90.